The number of nitrogens with two attached hydrogens (primary N) is 1. The second-order valence-corrected chi connectivity index (χ2v) is 6.19. The summed E-state index contributed by atoms with van der Waals surface area (Å²) in [6.07, 6.45) is 4.46. The second-order valence-electron chi connectivity index (χ2n) is 6.19. The van der Waals surface area contributed by atoms with Gasteiger partial charge in [-0.05, 0) is 6.07 Å². The molecule has 3 aromatic heterocycles. The van der Waals surface area contributed by atoms with E-state index in [0.717, 1.165) is 15.8 Å². The predicted octanol–water partition coefficient (Wildman–Crippen LogP) is 1.26. The molecule has 2 amide bonds. The van der Waals surface area contributed by atoms with Crippen LogP contribution in [0.25, 0.3) is 33.3 Å². The molecule has 4 heterocycles. The van der Waals surface area contributed by atoms with E-state index in [4.69, 9.17) is 5.73 Å². The van der Waals surface area contributed by atoms with Crippen LogP contribution >= 0.6 is 0 Å². The predicted molar refractivity (Wildman–Crippen MR) is 98.9 cm³/mol. The lowest BCUT2D eigenvalue weighted by atomic mass is 10.0. The first-order valence-electron chi connectivity index (χ1n) is 8.15. The average Bonchev–Trinajstić information content (AvgIpc) is 3.34. The highest BCUT2D eigenvalue weighted by molar-refractivity contribution is 6.47. The molecule has 0 radical (unpaired) electrons. The molecule has 132 valence electrons. The lowest BCUT2D eigenvalue weighted by Gasteiger charge is -2.07. The number of carbonyl (C=O) groups excluding carboxylic acids is 2. The van der Waals surface area contributed by atoms with Crippen LogP contribution in [-0.2, 0) is 9.59 Å². The van der Waals surface area contributed by atoms with Crippen LogP contribution in [0.15, 0.2) is 43.1 Å². The molecule has 0 unspecified atom stereocenters. The van der Waals surface area contributed by atoms with E-state index >= 15 is 0 Å². The Hall–Kier alpha value is -4.01. The van der Waals surface area contributed by atoms with E-state index in [9.17, 15) is 9.59 Å². The summed E-state index contributed by atoms with van der Waals surface area (Å²) >= 11 is 0. The van der Waals surface area contributed by atoms with Crippen LogP contribution in [0.4, 0.5) is 5.82 Å². The number of carbonyl (C=O) groups is 2. The van der Waals surface area contributed by atoms with Crippen LogP contribution in [0.3, 0.4) is 0 Å². The molecule has 0 atom stereocenters. The Morgan fingerprint density at radius 1 is 1.07 bits per heavy atom. The topological polar surface area (TPSA) is 123 Å². The van der Waals surface area contributed by atoms with Gasteiger partial charge in [-0.25, -0.2) is 15.0 Å². The number of benzene rings is 1. The number of nitrogens with zero attached hydrogens (tertiary/aromatic N) is 5. The molecule has 0 aliphatic carbocycles. The van der Waals surface area contributed by atoms with Crippen molar-refractivity contribution >= 4 is 51.0 Å². The number of imidazole rings is 1. The summed E-state index contributed by atoms with van der Waals surface area (Å²) < 4.78 is 1.49. The molecular formula is C18H13N7O2. The molecule has 0 saturated carbocycles. The number of aromatic amines is 1. The Labute approximate surface area is 152 Å². The summed E-state index contributed by atoms with van der Waals surface area (Å²) in [5.74, 6) is -0.612. The van der Waals surface area contributed by atoms with E-state index < -0.39 is 5.91 Å². The molecule has 27 heavy (non-hydrogen) atoms. The summed E-state index contributed by atoms with van der Waals surface area (Å²) in [4.78, 5) is 42.4. The molecule has 0 fully saturated rings. The van der Waals surface area contributed by atoms with Crippen LogP contribution in [0.1, 0.15) is 5.56 Å². The lowest BCUT2D eigenvalue weighted by molar-refractivity contribution is -0.134. The van der Waals surface area contributed by atoms with Gasteiger partial charge in [0.05, 0.1) is 5.57 Å². The molecule has 1 aliphatic heterocycles. The van der Waals surface area contributed by atoms with E-state index in [1.807, 2.05) is 24.3 Å². The number of rotatable bonds is 2. The molecule has 1 aliphatic rings. The highest BCUT2D eigenvalue weighted by Gasteiger charge is 2.39. The third-order valence-electron chi connectivity index (χ3n) is 4.72. The number of nitrogens with one attached hydrogen (secondary N) is 1. The van der Waals surface area contributed by atoms with Gasteiger partial charge in [-0.15, -0.1) is 0 Å². The monoisotopic (exact) mass is 359 g/mol. The quantitative estimate of drug-likeness (QED) is 0.519. The van der Waals surface area contributed by atoms with Crippen molar-refractivity contribution in [2.45, 2.75) is 0 Å². The first-order valence-corrected chi connectivity index (χ1v) is 8.15. The molecule has 1 aromatic carbocycles. The third-order valence-corrected chi connectivity index (χ3v) is 4.72. The number of para-hydroxylation sites is 1. The Morgan fingerprint density at radius 2 is 1.89 bits per heavy atom. The van der Waals surface area contributed by atoms with Crippen molar-refractivity contribution in [2.75, 3.05) is 12.8 Å². The second kappa shape index (κ2) is 5.24. The number of likely N-dealkylation sites (N-methyl/N-ethyl adjacent to an activating group) is 1. The van der Waals surface area contributed by atoms with Gasteiger partial charge < -0.3 is 10.7 Å². The zero-order valence-electron chi connectivity index (χ0n) is 14.2. The molecule has 0 saturated heterocycles. The fourth-order valence-electron chi connectivity index (χ4n) is 3.39. The number of anilines is 1. The van der Waals surface area contributed by atoms with Crippen LogP contribution in [0.2, 0.25) is 0 Å². The Kier molecular flexibility index (Phi) is 2.96. The Bertz CT molecular complexity index is 1300. The fourth-order valence-corrected chi connectivity index (χ4v) is 3.39. The van der Waals surface area contributed by atoms with Gasteiger partial charge in [-0.3, -0.25) is 19.1 Å². The van der Waals surface area contributed by atoms with E-state index in [1.165, 1.54) is 24.3 Å². The van der Waals surface area contributed by atoms with Gasteiger partial charge >= 0.3 is 0 Å². The highest BCUT2D eigenvalue weighted by atomic mass is 16.2. The van der Waals surface area contributed by atoms with E-state index in [-0.39, 0.29) is 23.0 Å². The molecule has 0 spiro atoms. The number of hydrogen-bond donors (Lipinski definition) is 2. The van der Waals surface area contributed by atoms with Crippen molar-refractivity contribution in [3.63, 3.8) is 0 Å². The van der Waals surface area contributed by atoms with Crippen LogP contribution < -0.4 is 5.73 Å². The SMILES string of the molecule is CN1C(=O)C(c2c[nH]c3ccccc23)=C(n2cnc3c(N)ncnc32)C1=O. The summed E-state index contributed by atoms with van der Waals surface area (Å²) in [6.45, 7) is 0. The maximum Gasteiger partial charge on any atom is 0.278 e. The number of aromatic nitrogens is 5. The number of H-pyrrole nitrogens is 1. The molecule has 4 aromatic rings. The first kappa shape index (κ1) is 15.3. The summed E-state index contributed by atoms with van der Waals surface area (Å²) in [6, 6.07) is 7.58. The molecule has 9 nitrogen and oxygen atoms in total. The van der Waals surface area contributed by atoms with E-state index in [1.54, 1.807) is 6.20 Å². The van der Waals surface area contributed by atoms with Crippen LogP contribution in [-0.4, -0.2) is 48.3 Å². The minimum Gasteiger partial charge on any atom is -0.382 e. The fraction of sp³-hybridized carbons (Fsp3) is 0.0556. The minimum atomic E-state index is -0.434. The molecule has 5 rings (SSSR count). The van der Waals surface area contributed by atoms with Crippen molar-refractivity contribution in [3.8, 4) is 0 Å². The van der Waals surface area contributed by atoms with E-state index in [0.29, 0.717) is 16.7 Å². The number of nitrogen functional groups attached to an aromatic ring is 1. The highest BCUT2D eigenvalue weighted by Crippen LogP contribution is 2.36. The van der Waals surface area contributed by atoms with Gasteiger partial charge in [0, 0.05) is 29.7 Å². The summed E-state index contributed by atoms with van der Waals surface area (Å²) in [5.41, 5.74) is 8.58. The van der Waals surface area contributed by atoms with Gasteiger partial charge in [-0.2, -0.15) is 0 Å². The molecular weight excluding hydrogens is 346 g/mol. The maximum atomic E-state index is 12.9. The van der Waals surface area contributed by atoms with Crippen molar-refractivity contribution in [1.29, 1.82) is 0 Å². The largest absolute Gasteiger partial charge is 0.382 e. The number of imide groups is 1. The normalized spacial score (nSPS) is 14.9. The number of fused-ring (bicyclic) bond motifs is 2. The van der Waals surface area contributed by atoms with Crippen molar-refractivity contribution in [3.05, 3.63) is 48.7 Å². The van der Waals surface area contributed by atoms with Gasteiger partial charge in [0.25, 0.3) is 11.8 Å². The van der Waals surface area contributed by atoms with Crippen molar-refractivity contribution < 1.29 is 9.59 Å². The van der Waals surface area contributed by atoms with Gasteiger partial charge in [0.2, 0.25) is 0 Å². The minimum absolute atomic E-state index is 0.188. The lowest BCUT2D eigenvalue weighted by Crippen LogP contribution is -2.27. The van der Waals surface area contributed by atoms with Crippen molar-refractivity contribution in [1.82, 2.24) is 29.4 Å². The molecule has 0 bridgehead atoms. The van der Waals surface area contributed by atoms with Crippen molar-refractivity contribution in [2.24, 2.45) is 0 Å². The number of amides is 2. The number of hydrogen-bond acceptors (Lipinski definition) is 6. The molecule has 3 N–H and O–H groups in total. The smallest absolute Gasteiger partial charge is 0.278 e. The zero-order valence-corrected chi connectivity index (χ0v) is 14.2. The Balaban J connectivity index is 1.86. The standard InChI is InChI=1S/C18H13N7O2/c1-24-17(26)12(10-6-20-11-5-3-2-4-9(10)11)14(18(24)27)25-8-23-13-15(19)21-7-22-16(13)25/h2-8,20H,1H3,(H2,19,21,22). The average molecular weight is 359 g/mol. The maximum absolute atomic E-state index is 12.9. The van der Waals surface area contributed by atoms with Crippen LogP contribution in [0, 0.1) is 0 Å². The zero-order chi connectivity index (χ0) is 18.7. The van der Waals surface area contributed by atoms with Crippen LogP contribution in [0.5, 0.6) is 0 Å². The van der Waals surface area contributed by atoms with Gasteiger partial charge in [0.1, 0.15) is 18.4 Å². The first-order chi connectivity index (χ1) is 13.1. The third kappa shape index (κ3) is 1.96. The Morgan fingerprint density at radius 3 is 2.74 bits per heavy atom. The van der Waals surface area contributed by atoms with Gasteiger partial charge in [-0.1, -0.05) is 18.2 Å². The molecule has 9 heteroatoms. The van der Waals surface area contributed by atoms with Gasteiger partial charge in [0.15, 0.2) is 17.0 Å². The summed E-state index contributed by atoms with van der Waals surface area (Å²) in [5, 5.41) is 0.847. The van der Waals surface area contributed by atoms with E-state index in [2.05, 4.69) is 19.9 Å². The summed E-state index contributed by atoms with van der Waals surface area (Å²) in [7, 11) is 1.45.